The number of hydrogen-bond acceptors (Lipinski definition) is 4. The quantitative estimate of drug-likeness (QED) is 0.792. The lowest BCUT2D eigenvalue weighted by Crippen LogP contribution is -2.30. The minimum absolute atomic E-state index is 0.0379. The summed E-state index contributed by atoms with van der Waals surface area (Å²) in [5.41, 5.74) is 1.86. The predicted octanol–water partition coefficient (Wildman–Crippen LogP) is 2.68. The SMILES string of the molecule is COC(=O)CC(NC(=O)c1ccc(NC(C)=O)cc1)c1ccccc1. The minimum Gasteiger partial charge on any atom is -0.469 e. The van der Waals surface area contributed by atoms with E-state index >= 15 is 0 Å². The normalized spacial score (nSPS) is 11.3. The first-order valence-electron chi connectivity index (χ1n) is 7.80. The monoisotopic (exact) mass is 340 g/mol. The van der Waals surface area contributed by atoms with Crippen molar-refractivity contribution in [2.45, 2.75) is 19.4 Å². The fraction of sp³-hybridized carbons (Fsp3) is 0.211. The fourth-order valence-electron chi connectivity index (χ4n) is 2.34. The van der Waals surface area contributed by atoms with Crippen LogP contribution in [0.2, 0.25) is 0 Å². The molecule has 1 unspecified atom stereocenters. The van der Waals surface area contributed by atoms with E-state index in [1.807, 2.05) is 30.3 Å². The number of carbonyl (C=O) groups excluding carboxylic acids is 3. The highest BCUT2D eigenvalue weighted by molar-refractivity contribution is 5.96. The number of nitrogens with one attached hydrogen (secondary N) is 2. The second-order valence-corrected chi connectivity index (χ2v) is 5.48. The van der Waals surface area contributed by atoms with Crippen molar-refractivity contribution in [1.29, 1.82) is 0 Å². The molecule has 0 bridgehead atoms. The van der Waals surface area contributed by atoms with E-state index in [-0.39, 0.29) is 18.2 Å². The Balaban J connectivity index is 2.13. The zero-order chi connectivity index (χ0) is 18.2. The lowest BCUT2D eigenvalue weighted by atomic mass is 10.0. The zero-order valence-electron chi connectivity index (χ0n) is 14.1. The van der Waals surface area contributed by atoms with Crippen LogP contribution in [-0.4, -0.2) is 24.9 Å². The van der Waals surface area contributed by atoms with Gasteiger partial charge >= 0.3 is 5.97 Å². The Morgan fingerprint density at radius 3 is 2.20 bits per heavy atom. The standard InChI is InChI=1S/C19H20N2O4/c1-13(22)20-16-10-8-15(9-11-16)19(24)21-17(12-18(23)25-2)14-6-4-3-5-7-14/h3-11,17H,12H2,1-2H3,(H,20,22)(H,21,24). The third-order valence-electron chi connectivity index (χ3n) is 3.57. The topological polar surface area (TPSA) is 84.5 Å². The summed E-state index contributed by atoms with van der Waals surface area (Å²) in [7, 11) is 1.31. The summed E-state index contributed by atoms with van der Waals surface area (Å²) in [6.07, 6.45) is 0.0379. The van der Waals surface area contributed by atoms with Gasteiger partial charge in [0.2, 0.25) is 5.91 Å². The number of esters is 1. The first kappa shape index (κ1) is 18.2. The van der Waals surface area contributed by atoms with Crippen LogP contribution in [0, 0.1) is 0 Å². The van der Waals surface area contributed by atoms with Gasteiger partial charge in [-0.2, -0.15) is 0 Å². The van der Waals surface area contributed by atoms with Gasteiger partial charge in [-0.05, 0) is 29.8 Å². The van der Waals surface area contributed by atoms with Crippen molar-refractivity contribution < 1.29 is 19.1 Å². The van der Waals surface area contributed by atoms with Crippen LogP contribution in [-0.2, 0) is 14.3 Å². The van der Waals surface area contributed by atoms with Gasteiger partial charge < -0.3 is 15.4 Å². The van der Waals surface area contributed by atoms with Crippen molar-refractivity contribution in [3.63, 3.8) is 0 Å². The van der Waals surface area contributed by atoms with Crippen LogP contribution in [0.4, 0.5) is 5.69 Å². The molecule has 25 heavy (non-hydrogen) atoms. The molecule has 0 aliphatic rings. The molecule has 0 radical (unpaired) electrons. The Bertz CT molecular complexity index is 742. The average molecular weight is 340 g/mol. The van der Waals surface area contributed by atoms with E-state index in [0.717, 1.165) is 5.56 Å². The molecule has 0 saturated heterocycles. The van der Waals surface area contributed by atoms with E-state index in [0.29, 0.717) is 11.3 Å². The predicted molar refractivity (Wildman–Crippen MR) is 94.0 cm³/mol. The molecule has 130 valence electrons. The summed E-state index contributed by atoms with van der Waals surface area (Å²) in [6.45, 7) is 1.41. The maximum atomic E-state index is 12.5. The molecule has 0 fully saturated rings. The van der Waals surface area contributed by atoms with Gasteiger partial charge in [0, 0.05) is 18.2 Å². The lowest BCUT2D eigenvalue weighted by molar-refractivity contribution is -0.141. The average Bonchev–Trinajstić information content (AvgIpc) is 2.61. The largest absolute Gasteiger partial charge is 0.469 e. The van der Waals surface area contributed by atoms with Gasteiger partial charge in [0.25, 0.3) is 5.91 Å². The molecule has 2 aromatic carbocycles. The summed E-state index contributed by atoms with van der Waals surface area (Å²) < 4.78 is 4.71. The molecule has 0 saturated carbocycles. The number of hydrogen-bond donors (Lipinski definition) is 2. The molecule has 0 aromatic heterocycles. The first-order chi connectivity index (χ1) is 12.0. The first-order valence-corrected chi connectivity index (χ1v) is 7.80. The van der Waals surface area contributed by atoms with Crippen molar-refractivity contribution in [3.8, 4) is 0 Å². The van der Waals surface area contributed by atoms with Gasteiger partial charge in [0.1, 0.15) is 0 Å². The molecule has 0 heterocycles. The van der Waals surface area contributed by atoms with Crippen molar-refractivity contribution in [2.75, 3.05) is 12.4 Å². The molecular weight excluding hydrogens is 320 g/mol. The highest BCUT2D eigenvalue weighted by atomic mass is 16.5. The minimum atomic E-state index is -0.490. The van der Waals surface area contributed by atoms with Crippen LogP contribution in [0.25, 0.3) is 0 Å². The van der Waals surface area contributed by atoms with Crippen LogP contribution in [0.1, 0.15) is 35.3 Å². The van der Waals surface area contributed by atoms with Crippen LogP contribution >= 0.6 is 0 Å². The molecular formula is C19H20N2O4. The number of amides is 2. The maximum absolute atomic E-state index is 12.5. The van der Waals surface area contributed by atoms with Gasteiger partial charge in [0.15, 0.2) is 0 Å². The number of methoxy groups -OCH3 is 1. The van der Waals surface area contributed by atoms with Crippen molar-refractivity contribution in [1.82, 2.24) is 5.32 Å². The van der Waals surface area contributed by atoms with E-state index in [1.165, 1.54) is 14.0 Å². The van der Waals surface area contributed by atoms with Crippen LogP contribution in [0.15, 0.2) is 54.6 Å². The second-order valence-electron chi connectivity index (χ2n) is 5.48. The van der Waals surface area contributed by atoms with Crippen LogP contribution in [0.3, 0.4) is 0 Å². The van der Waals surface area contributed by atoms with Gasteiger partial charge in [-0.3, -0.25) is 14.4 Å². The number of carbonyl (C=O) groups is 3. The molecule has 1 atom stereocenters. The Hall–Kier alpha value is -3.15. The number of benzene rings is 2. The van der Waals surface area contributed by atoms with E-state index < -0.39 is 12.0 Å². The fourth-order valence-corrected chi connectivity index (χ4v) is 2.34. The lowest BCUT2D eigenvalue weighted by Gasteiger charge is -2.18. The third-order valence-corrected chi connectivity index (χ3v) is 3.57. The Labute approximate surface area is 146 Å². The molecule has 2 rings (SSSR count). The molecule has 2 aromatic rings. The van der Waals surface area contributed by atoms with Gasteiger partial charge in [-0.15, -0.1) is 0 Å². The van der Waals surface area contributed by atoms with Crippen molar-refractivity contribution in [2.24, 2.45) is 0 Å². The van der Waals surface area contributed by atoms with E-state index in [4.69, 9.17) is 4.74 Å². The molecule has 2 amide bonds. The van der Waals surface area contributed by atoms with Crippen LogP contribution in [0.5, 0.6) is 0 Å². The Morgan fingerprint density at radius 2 is 1.64 bits per heavy atom. The second kappa shape index (κ2) is 8.63. The Morgan fingerprint density at radius 1 is 1.00 bits per heavy atom. The van der Waals surface area contributed by atoms with Gasteiger partial charge in [-0.25, -0.2) is 0 Å². The highest BCUT2D eigenvalue weighted by Gasteiger charge is 2.19. The molecule has 0 aliphatic carbocycles. The molecule has 0 spiro atoms. The summed E-state index contributed by atoms with van der Waals surface area (Å²) >= 11 is 0. The number of ether oxygens (including phenoxy) is 1. The Kier molecular flexibility index (Phi) is 6.28. The van der Waals surface area contributed by atoms with E-state index in [1.54, 1.807) is 24.3 Å². The number of rotatable bonds is 6. The summed E-state index contributed by atoms with van der Waals surface area (Å²) in [6, 6.07) is 15.3. The molecule has 6 heteroatoms. The van der Waals surface area contributed by atoms with E-state index in [9.17, 15) is 14.4 Å². The van der Waals surface area contributed by atoms with Crippen LogP contribution < -0.4 is 10.6 Å². The third kappa shape index (κ3) is 5.46. The summed E-state index contributed by atoms with van der Waals surface area (Å²) in [4.78, 5) is 35.2. The molecule has 2 N–H and O–H groups in total. The summed E-state index contributed by atoms with van der Waals surface area (Å²) in [5, 5.41) is 5.49. The van der Waals surface area contributed by atoms with E-state index in [2.05, 4.69) is 10.6 Å². The van der Waals surface area contributed by atoms with Crippen molar-refractivity contribution in [3.05, 3.63) is 65.7 Å². The maximum Gasteiger partial charge on any atom is 0.307 e. The molecule has 0 aliphatic heterocycles. The zero-order valence-corrected chi connectivity index (χ0v) is 14.1. The smallest absolute Gasteiger partial charge is 0.307 e. The molecule has 6 nitrogen and oxygen atoms in total. The summed E-state index contributed by atoms with van der Waals surface area (Å²) in [5.74, 6) is -0.901. The highest BCUT2D eigenvalue weighted by Crippen LogP contribution is 2.18. The van der Waals surface area contributed by atoms with Crippen molar-refractivity contribution >= 4 is 23.5 Å². The van der Waals surface area contributed by atoms with Gasteiger partial charge in [-0.1, -0.05) is 30.3 Å². The van der Waals surface area contributed by atoms with Gasteiger partial charge in [0.05, 0.1) is 19.6 Å². The number of anilines is 1.